The molecule has 0 amide bonds. The number of carbonyl (C=O) groups is 1. The lowest BCUT2D eigenvalue weighted by Gasteiger charge is -1.97. The van der Waals surface area contributed by atoms with Crippen molar-refractivity contribution in [3.05, 3.63) is 35.4 Å². The van der Waals surface area contributed by atoms with Gasteiger partial charge in [0.05, 0.1) is 6.21 Å². The largest absolute Gasteiger partial charge is 0.334 e. The van der Waals surface area contributed by atoms with Crippen molar-refractivity contribution >= 4 is 12.2 Å². The van der Waals surface area contributed by atoms with Crippen molar-refractivity contribution < 1.29 is 9.63 Å². The zero-order chi connectivity index (χ0) is 10.4. The number of benzene rings is 1. The molecule has 3 heteroatoms. The third-order valence-corrected chi connectivity index (χ3v) is 1.82. The second-order valence-electron chi connectivity index (χ2n) is 2.91. The van der Waals surface area contributed by atoms with Crippen LogP contribution in [-0.2, 0) is 9.63 Å². The first-order chi connectivity index (χ1) is 6.74. The van der Waals surface area contributed by atoms with Crippen molar-refractivity contribution in [2.75, 3.05) is 0 Å². The maximum atomic E-state index is 10.8. The molecule has 0 N–H and O–H groups in total. The number of hydrogen-bond donors (Lipinski definition) is 0. The minimum atomic E-state index is -0.324. The molecule has 0 saturated carbocycles. The Morgan fingerprint density at radius 2 is 2.21 bits per heavy atom. The fraction of sp³-hybridized carbons (Fsp3) is 0.273. The standard InChI is InChI=1S/C11H13NO2/c1-3-11(13)14-12-8-10-7-5-4-6-9(10)2/h4-8H,3H2,1-2H3. The minimum Gasteiger partial charge on any atom is -0.318 e. The molecular formula is C11H13NO2. The van der Waals surface area contributed by atoms with Crippen molar-refractivity contribution in [2.45, 2.75) is 20.3 Å². The van der Waals surface area contributed by atoms with Crippen LogP contribution in [0.2, 0.25) is 0 Å². The van der Waals surface area contributed by atoms with Crippen molar-refractivity contribution in [3.8, 4) is 0 Å². The molecule has 0 atom stereocenters. The van der Waals surface area contributed by atoms with Gasteiger partial charge >= 0.3 is 5.97 Å². The Morgan fingerprint density at radius 1 is 1.50 bits per heavy atom. The van der Waals surface area contributed by atoms with Crippen LogP contribution in [0.5, 0.6) is 0 Å². The van der Waals surface area contributed by atoms with Crippen LogP contribution in [0.15, 0.2) is 29.4 Å². The summed E-state index contributed by atoms with van der Waals surface area (Å²) in [5.41, 5.74) is 2.06. The Hall–Kier alpha value is -1.64. The first-order valence-electron chi connectivity index (χ1n) is 4.53. The fourth-order valence-electron chi connectivity index (χ4n) is 0.938. The highest BCUT2D eigenvalue weighted by Crippen LogP contribution is 2.03. The molecule has 0 radical (unpaired) electrons. The first-order valence-corrected chi connectivity index (χ1v) is 4.53. The topological polar surface area (TPSA) is 38.7 Å². The van der Waals surface area contributed by atoms with Gasteiger partial charge in [0.2, 0.25) is 0 Å². The molecule has 1 aromatic rings. The molecule has 0 aliphatic heterocycles. The Labute approximate surface area is 83.4 Å². The van der Waals surface area contributed by atoms with Crippen LogP contribution in [-0.4, -0.2) is 12.2 Å². The summed E-state index contributed by atoms with van der Waals surface area (Å²) in [5.74, 6) is -0.324. The van der Waals surface area contributed by atoms with Gasteiger partial charge in [-0.05, 0) is 18.1 Å². The fourth-order valence-corrected chi connectivity index (χ4v) is 0.938. The van der Waals surface area contributed by atoms with E-state index in [9.17, 15) is 4.79 Å². The molecule has 74 valence electrons. The highest BCUT2D eigenvalue weighted by atomic mass is 16.7. The average Bonchev–Trinajstić information content (AvgIpc) is 2.20. The molecule has 0 heterocycles. The third-order valence-electron chi connectivity index (χ3n) is 1.82. The summed E-state index contributed by atoms with van der Waals surface area (Å²) in [4.78, 5) is 15.3. The first kappa shape index (κ1) is 10.4. The molecule has 0 bridgehead atoms. The van der Waals surface area contributed by atoms with Gasteiger partial charge in [-0.1, -0.05) is 36.3 Å². The van der Waals surface area contributed by atoms with E-state index in [2.05, 4.69) is 9.99 Å². The van der Waals surface area contributed by atoms with Crippen LogP contribution in [0.4, 0.5) is 0 Å². The van der Waals surface area contributed by atoms with Crippen molar-refractivity contribution in [1.82, 2.24) is 0 Å². The van der Waals surface area contributed by atoms with Gasteiger partial charge < -0.3 is 4.84 Å². The third kappa shape index (κ3) is 3.01. The summed E-state index contributed by atoms with van der Waals surface area (Å²) in [5, 5.41) is 3.60. The van der Waals surface area contributed by atoms with Crippen LogP contribution in [0.1, 0.15) is 24.5 Å². The monoisotopic (exact) mass is 191 g/mol. The molecule has 14 heavy (non-hydrogen) atoms. The summed E-state index contributed by atoms with van der Waals surface area (Å²) in [6, 6.07) is 7.75. The normalized spacial score (nSPS) is 10.4. The van der Waals surface area contributed by atoms with Crippen LogP contribution < -0.4 is 0 Å². The van der Waals surface area contributed by atoms with Crippen molar-refractivity contribution in [1.29, 1.82) is 0 Å². The average molecular weight is 191 g/mol. The number of carbonyl (C=O) groups excluding carboxylic acids is 1. The van der Waals surface area contributed by atoms with Crippen LogP contribution in [0.3, 0.4) is 0 Å². The summed E-state index contributed by atoms with van der Waals surface area (Å²) in [7, 11) is 0. The SMILES string of the molecule is CCC(=O)ON=Cc1ccccc1C. The number of aryl methyl sites for hydroxylation is 1. The molecule has 0 aliphatic carbocycles. The zero-order valence-corrected chi connectivity index (χ0v) is 8.36. The van der Waals surface area contributed by atoms with Crippen LogP contribution in [0, 0.1) is 6.92 Å². The molecule has 1 aromatic carbocycles. The molecule has 0 unspecified atom stereocenters. The van der Waals surface area contributed by atoms with E-state index in [0.717, 1.165) is 11.1 Å². The van der Waals surface area contributed by atoms with Gasteiger partial charge in [0.1, 0.15) is 0 Å². The second kappa shape index (κ2) is 5.17. The van der Waals surface area contributed by atoms with Crippen molar-refractivity contribution in [2.24, 2.45) is 5.16 Å². The Kier molecular flexibility index (Phi) is 3.85. The van der Waals surface area contributed by atoms with Gasteiger partial charge in [-0.2, -0.15) is 0 Å². The van der Waals surface area contributed by atoms with E-state index in [0.29, 0.717) is 6.42 Å². The number of hydrogen-bond acceptors (Lipinski definition) is 3. The van der Waals surface area contributed by atoms with Gasteiger partial charge in [-0.15, -0.1) is 0 Å². The smallest absolute Gasteiger partial charge is 0.318 e. The van der Waals surface area contributed by atoms with Gasteiger partial charge in [0, 0.05) is 6.42 Å². The Morgan fingerprint density at radius 3 is 2.86 bits per heavy atom. The lowest BCUT2D eigenvalue weighted by molar-refractivity contribution is -0.143. The lowest BCUT2D eigenvalue weighted by atomic mass is 10.1. The van der Waals surface area contributed by atoms with Crippen LogP contribution in [0.25, 0.3) is 0 Å². The molecule has 3 nitrogen and oxygen atoms in total. The second-order valence-corrected chi connectivity index (χ2v) is 2.91. The predicted molar refractivity (Wildman–Crippen MR) is 55.2 cm³/mol. The number of oxime groups is 1. The molecular weight excluding hydrogens is 178 g/mol. The Balaban J connectivity index is 2.60. The summed E-state index contributed by atoms with van der Waals surface area (Å²) in [6.45, 7) is 3.70. The maximum Gasteiger partial charge on any atom is 0.334 e. The zero-order valence-electron chi connectivity index (χ0n) is 8.36. The number of nitrogens with zero attached hydrogens (tertiary/aromatic N) is 1. The molecule has 0 aromatic heterocycles. The highest BCUT2D eigenvalue weighted by Gasteiger charge is 1.96. The lowest BCUT2D eigenvalue weighted by Crippen LogP contribution is -1.97. The van der Waals surface area contributed by atoms with E-state index in [1.165, 1.54) is 0 Å². The van der Waals surface area contributed by atoms with E-state index < -0.39 is 0 Å². The van der Waals surface area contributed by atoms with E-state index >= 15 is 0 Å². The van der Waals surface area contributed by atoms with E-state index in [1.807, 2.05) is 31.2 Å². The maximum absolute atomic E-state index is 10.8. The van der Waals surface area contributed by atoms with E-state index in [-0.39, 0.29) is 5.97 Å². The number of rotatable bonds is 3. The quantitative estimate of drug-likeness (QED) is 0.417. The summed E-state index contributed by atoms with van der Waals surface area (Å²) >= 11 is 0. The summed E-state index contributed by atoms with van der Waals surface area (Å²) in [6.07, 6.45) is 1.88. The Bertz CT molecular complexity index is 345. The summed E-state index contributed by atoms with van der Waals surface area (Å²) < 4.78 is 0. The van der Waals surface area contributed by atoms with Gasteiger partial charge in [-0.3, -0.25) is 0 Å². The van der Waals surface area contributed by atoms with E-state index in [4.69, 9.17) is 0 Å². The van der Waals surface area contributed by atoms with Gasteiger partial charge in [0.25, 0.3) is 0 Å². The minimum absolute atomic E-state index is 0.324. The highest BCUT2D eigenvalue weighted by molar-refractivity contribution is 5.81. The molecule has 0 saturated heterocycles. The molecule has 0 spiro atoms. The molecule has 0 fully saturated rings. The van der Waals surface area contributed by atoms with Gasteiger partial charge in [0.15, 0.2) is 0 Å². The van der Waals surface area contributed by atoms with Gasteiger partial charge in [-0.25, -0.2) is 4.79 Å². The van der Waals surface area contributed by atoms with Crippen molar-refractivity contribution in [3.63, 3.8) is 0 Å². The predicted octanol–water partition coefficient (Wildman–Crippen LogP) is 2.28. The molecule has 0 aliphatic rings. The molecule has 1 rings (SSSR count). The van der Waals surface area contributed by atoms with Crippen LogP contribution >= 0.6 is 0 Å². The van der Waals surface area contributed by atoms with E-state index in [1.54, 1.807) is 13.1 Å².